The first kappa shape index (κ1) is 27.0. The van der Waals surface area contributed by atoms with Crippen LogP contribution < -0.4 is 15.4 Å². The molecule has 2 N–H and O–H groups in total. The van der Waals surface area contributed by atoms with E-state index in [1.807, 2.05) is 0 Å². The van der Waals surface area contributed by atoms with E-state index in [1.54, 1.807) is 49.5 Å². The van der Waals surface area contributed by atoms with Gasteiger partial charge in [0.2, 0.25) is 0 Å². The summed E-state index contributed by atoms with van der Waals surface area (Å²) in [5, 5.41) is 6.10. The van der Waals surface area contributed by atoms with Crippen LogP contribution in [0, 0.1) is 0 Å². The van der Waals surface area contributed by atoms with Gasteiger partial charge in [-0.15, -0.1) is 24.0 Å². The van der Waals surface area contributed by atoms with Crippen molar-refractivity contribution >= 4 is 39.8 Å². The van der Waals surface area contributed by atoms with Crippen molar-refractivity contribution in [1.29, 1.82) is 0 Å². The zero-order valence-corrected chi connectivity index (χ0v) is 20.0. The SMILES string of the molecule is CN=C(NCCCS(=O)(=O)c1ccccc1)NCc1ccc(OCC(F)(F)F)cc1.I. The highest BCUT2D eigenvalue weighted by Crippen LogP contribution is 2.18. The molecule has 0 spiro atoms. The fraction of sp³-hybridized carbons (Fsp3) is 0.350. The predicted molar refractivity (Wildman–Crippen MR) is 125 cm³/mol. The Kier molecular flexibility index (Phi) is 11.1. The van der Waals surface area contributed by atoms with Gasteiger partial charge in [0, 0.05) is 20.1 Å². The van der Waals surface area contributed by atoms with Crippen LogP contribution in [0.5, 0.6) is 5.75 Å². The molecule has 0 saturated heterocycles. The highest BCUT2D eigenvalue weighted by Gasteiger charge is 2.28. The van der Waals surface area contributed by atoms with Crippen molar-refractivity contribution < 1.29 is 26.3 Å². The van der Waals surface area contributed by atoms with E-state index in [2.05, 4.69) is 20.4 Å². The smallest absolute Gasteiger partial charge is 0.422 e. The van der Waals surface area contributed by atoms with Gasteiger partial charge < -0.3 is 15.4 Å². The molecule has 2 rings (SSSR count). The van der Waals surface area contributed by atoms with E-state index >= 15 is 0 Å². The van der Waals surface area contributed by atoms with Gasteiger partial charge in [-0.3, -0.25) is 4.99 Å². The molecule has 0 aliphatic heterocycles. The zero-order chi connectivity index (χ0) is 22.0. The average molecular weight is 571 g/mol. The maximum atomic E-state index is 12.2. The van der Waals surface area contributed by atoms with E-state index in [0.29, 0.717) is 30.4 Å². The molecule has 2 aromatic carbocycles. The molecule has 0 unspecified atom stereocenters. The van der Waals surface area contributed by atoms with Crippen LogP contribution in [-0.4, -0.2) is 46.5 Å². The minimum Gasteiger partial charge on any atom is -0.484 e. The van der Waals surface area contributed by atoms with Crippen LogP contribution in [0.3, 0.4) is 0 Å². The van der Waals surface area contributed by atoms with Crippen LogP contribution >= 0.6 is 24.0 Å². The predicted octanol–water partition coefficient (Wildman–Crippen LogP) is 3.77. The average Bonchev–Trinajstić information content (AvgIpc) is 2.72. The van der Waals surface area contributed by atoms with E-state index in [9.17, 15) is 21.6 Å². The molecule has 0 aliphatic carbocycles. The topological polar surface area (TPSA) is 79.8 Å². The van der Waals surface area contributed by atoms with Gasteiger partial charge in [0.1, 0.15) is 5.75 Å². The molecule has 0 aromatic heterocycles. The van der Waals surface area contributed by atoms with Crippen molar-refractivity contribution in [2.75, 3.05) is 26.0 Å². The molecule has 6 nitrogen and oxygen atoms in total. The number of nitrogens with one attached hydrogen (secondary N) is 2. The molecule has 172 valence electrons. The normalized spacial score (nSPS) is 12.1. The number of sulfone groups is 1. The fourth-order valence-corrected chi connectivity index (χ4v) is 3.82. The van der Waals surface area contributed by atoms with Crippen molar-refractivity contribution in [2.45, 2.75) is 24.0 Å². The van der Waals surface area contributed by atoms with Crippen LogP contribution in [0.25, 0.3) is 0 Å². The summed E-state index contributed by atoms with van der Waals surface area (Å²) in [5.74, 6) is 0.642. The fourth-order valence-electron chi connectivity index (χ4n) is 2.49. The van der Waals surface area contributed by atoms with E-state index < -0.39 is 22.6 Å². The molecule has 0 saturated carbocycles. The summed E-state index contributed by atoms with van der Waals surface area (Å²) in [6.45, 7) is -0.529. The van der Waals surface area contributed by atoms with Crippen LogP contribution in [0.15, 0.2) is 64.5 Å². The second-order valence-corrected chi connectivity index (χ2v) is 8.49. The van der Waals surface area contributed by atoms with Gasteiger partial charge in [-0.05, 0) is 36.2 Å². The Morgan fingerprint density at radius 1 is 1.03 bits per heavy atom. The monoisotopic (exact) mass is 571 g/mol. The third kappa shape index (κ3) is 10.2. The standard InChI is InChI=1S/C20H24F3N3O3S.HI/c1-24-19(25-12-5-13-30(27,28)18-6-3-2-4-7-18)26-14-16-8-10-17(11-9-16)29-15-20(21,22)23;/h2-4,6-11H,5,12-15H2,1H3,(H2,24,25,26);1H. The van der Waals surface area contributed by atoms with Crippen molar-refractivity contribution in [3.05, 3.63) is 60.2 Å². The van der Waals surface area contributed by atoms with Gasteiger partial charge in [0.25, 0.3) is 0 Å². The maximum Gasteiger partial charge on any atom is 0.422 e. The molecular formula is C20H25F3IN3O3S. The highest BCUT2D eigenvalue weighted by atomic mass is 127. The molecule has 0 radical (unpaired) electrons. The van der Waals surface area contributed by atoms with Crippen molar-refractivity contribution in [3.63, 3.8) is 0 Å². The van der Waals surface area contributed by atoms with Crippen LogP contribution in [0.4, 0.5) is 13.2 Å². The first-order chi connectivity index (χ1) is 14.2. The molecule has 0 aliphatic rings. The van der Waals surface area contributed by atoms with Gasteiger partial charge in [-0.25, -0.2) is 8.42 Å². The zero-order valence-electron chi connectivity index (χ0n) is 16.9. The molecule has 0 atom stereocenters. The number of hydrogen-bond acceptors (Lipinski definition) is 4. The summed E-state index contributed by atoms with van der Waals surface area (Å²) in [6, 6.07) is 14.5. The second-order valence-electron chi connectivity index (χ2n) is 6.39. The molecule has 31 heavy (non-hydrogen) atoms. The number of alkyl halides is 3. The lowest BCUT2D eigenvalue weighted by molar-refractivity contribution is -0.153. The summed E-state index contributed by atoms with van der Waals surface area (Å²) in [6.07, 6.45) is -3.97. The number of halogens is 4. The number of nitrogens with zero attached hydrogens (tertiary/aromatic N) is 1. The molecule has 0 fully saturated rings. The van der Waals surface area contributed by atoms with E-state index in [1.165, 1.54) is 12.1 Å². The van der Waals surface area contributed by atoms with Crippen molar-refractivity contribution in [3.8, 4) is 5.75 Å². The van der Waals surface area contributed by atoms with Crippen molar-refractivity contribution in [2.24, 2.45) is 4.99 Å². The number of benzene rings is 2. The Hall–Kier alpha value is -2.02. The quantitative estimate of drug-likeness (QED) is 0.208. The molecule has 0 amide bonds. The van der Waals surface area contributed by atoms with Gasteiger partial charge in [0.15, 0.2) is 22.4 Å². The summed E-state index contributed by atoms with van der Waals surface area (Å²) >= 11 is 0. The lowest BCUT2D eigenvalue weighted by Gasteiger charge is -2.13. The van der Waals surface area contributed by atoms with Gasteiger partial charge in [-0.1, -0.05) is 30.3 Å². The van der Waals surface area contributed by atoms with Gasteiger partial charge in [0.05, 0.1) is 10.6 Å². The molecular weight excluding hydrogens is 546 g/mol. The van der Waals surface area contributed by atoms with Crippen LogP contribution in [-0.2, 0) is 16.4 Å². The Bertz CT molecular complexity index is 922. The second kappa shape index (κ2) is 12.7. The number of rotatable bonds is 9. The Labute approximate surface area is 197 Å². The van der Waals surface area contributed by atoms with E-state index in [4.69, 9.17) is 0 Å². The van der Waals surface area contributed by atoms with E-state index in [-0.39, 0.29) is 35.5 Å². The van der Waals surface area contributed by atoms with E-state index in [0.717, 1.165) is 5.56 Å². The molecule has 0 bridgehead atoms. The third-order valence-electron chi connectivity index (χ3n) is 3.99. The molecule has 2 aromatic rings. The van der Waals surface area contributed by atoms with Crippen LogP contribution in [0.2, 0.25) is 0 Å². The minimum absolute atomic E-state index is 0. The summed E-state index contributed by atoms with van der Waals surface area (Å²) < 4.78 is 65.6. The van der Waals surface area contributed by atoms with Gasteiger partial charge >= 0.3 is 6.18 Å². The number of hydrogen-bond donors (Lipinski definition) is 2. The third-order valence-corrected chi connectivity index (χ3v) is 5.81. The first-order valence-corrected chi connectivity index (χ1v) is 10.9. The maximum absolute atomic E-state index is 12.2. The first-order valence-electron chi connectivity index (χ1n) is 9.20. The summed E-state index contributed by atoms with van der Waals surface area (Å²) in [5.41, 5.74) is 0.823. The molecule has 0 heterocycles. The Balaban J connectivity index is 0.00000480. The Morgan fingerprint density at radius 3 is 2.26 bits per heavy atom. The number of aliphatic imine (C=N–C) groups is 1. The molecule has 11 heteroatoms. The lowest BCUT2D eigenvalue weighted by Crippen LogP contribution is -2.37. The summed E-state index contributed by atoms with van der Waals surface area (Å²) in [4.78, 5) is 4.37. The number of ether oxygens (including phenoxy) is 1. The Morgan fingerprint density at radius 2 is 1.68 bits per heavy atom. The van der Waals surface area contributed by atoms with Crippen LogP contribution in [0.1, 0.15) is 12.0 Å². The lowest BCUT2D eigenvalue weighted by atomic mass is 10.2. The minimum atomic E-state index is -4.38. The summed E-state index contributed by atoms with van der Waals surface area (Å²) in [7, 11) is -1.73. The largest absolute Gasteiger partial charge is 0.484 e. The highest BCUT2D eigenvalue weighted by molar-refractivity contribution is 14.0. The van der Waals surface area contributed by atoms with Gasteiger partial charge in [-0.2, -0.15) is 13.2 Å². The van der Waals surface area contributed by atoms with Crippen molar-refractivity contribution in [1.82, 2.24) is 10.6 Å². The number of guanidine groups is 1.